The molecule has 0 aliphatic carbocycles. The summed E-state index contributed by atoms with van der Waals surface area (Å²) in [4.78, 5) is 10.5. The first kappa shape index (κ1) is 10.4. The summed E-state index contributed by atoms with van der Waals surface area (Å²) in [7, 11) is 0. The van der Waals surface area contributed by atoms with Gasteiger partial charge in [0.2, 0.25) is 0 Å². The fourth-order valence-electron chi connectivity index (χ4n) is 1.39. The van der Waals surface area contributed by atoms with Gasteiger partial charge in [-0.25, -0.2) is 0 Å². The molecule has 0 unspecified atom stereocenters. The molecule has 0 fully saturated rings. The van der Waals surface area contributed by atoms with Crippen molar-refractivity contribution in [3.05, 3.63) is 65.1 Å². The van der Waals surface area contributed by atoms with Crippen LogP contribution in [0, 0.1) is 4.91 Å². The minimum Gasteiger partial charge on any atom is -0.487 e. The zero-order valence-corrected chi connectivity index (χ0v) is 8.67. The molecule has 0 amide bonds. The van der Waals surface area contributed by atoms with E-state index in [-0.39, 0.29) is 0 Å². The van der Waals surface area contributed by atoms with Gasteiger partial charge in [0.25, 0.3) is 0 Å². The molecule has 0 bridgehead atoms. The van der Waals surface area contributed by atoms with Gasteiger partial charge in [-0.3, -0.25) is 0 Å². The Hall–Kier alpha value is -2.16. The maximum atomic E-state index is 10.5. The molecular weight excluding hydrogens is 202 g/mol. The van der Waals surface area contributed by atoms with Crippen molar-refractivity contribution in [2.45, 2.75) is 6.61 Å². The van der Waals surface area contributed by atoms with Crippen molar-refractivity contribution < 1.29 is 4.74 Å². The van der Waals surface area contributed by atoms with E-state index >= 15 is 0 Å². The Bertz CT molecular complexity index is 468. The number of hydrogen-bond acceptors (Lipinski definition) is 3. The van der Waals surface area contributed by atoms with Gasteiger partial charge in [0, 0.05) is 0 Å². The highest BCUT2D eigenvalue weighted by Gasteiger charge is 2.02. The predicted octanol–water partition coefficient (Wildman–Crippen LogP) is 3.66. The van der Waals surface area contributed by atoms with Gasteiger partial charge in [0.15, 0.2) is 0 Å². The number of rotatable bonds is 4. The van der Waals surface area contributed by atoms with E-state index < -0.39 is 0 Å². The van der Waals surface area contributed by atoms with Crippen LogP contribution in [0.15, 0.2) is 59.8 Å². The monoisotopic (exact) mass is 213 g/mol. The van der Waals surface area contributed by atoms with Crippen molar-refractivity contribution in [3.8, 4) is 5.75 Å². The van der Waals surface area contributed by atoms with Crippen molar-refractivity contribution in [2.24, 2.45) is 5.18 Å². The summed E-state index contributed by atoms with van der Waals surface area (Å²) in [5.74, 6) is 0.515. The average Bonchev–Trinajstić information content (AvgIpc) is 2.38. The topological polar surface area (TPSA) is 38.7 Å². The van der Waals surface area contributed by atoms with E-state index in [2.05, 4.69) is 5.18 Å². The van der Waals surface area contributed by atoms with Crippen molar-refractivity contribution in [1.82, 2.24) is 0 Å². The molecule has 0 saturated carbocycles. The smallest absolute Gasteiger partial charge is 0.149 e. The van der Waals surface area contributed by atoms with Crippen LogP contribution < -0.4 is 4.74 Å². The van der Waals surface area contributed by atoms with E-state index in [9.17, 15) is 4.91 Å². The molecule has 3 nitrogen and oxygen atoms in total. The highest BCUT2D eigenvalue weighted by molar-refractivity contribution is 5.50. The molecule has 0 N–H and O–H groups in total. The lowest BCUT2D eigenvalue weighted by Crippen LogP contribution is -1.94. The Labute approximate surface area is 93.7 Å². The molecule has 0 atom stereocenters. The zero-order chi connectivity index (χ0) is 11.2. The molecule has 0 heterocycles. The summed E-state index contributed by atoms with van der Waals surface area (Å²) in [6, 6.07) is 16.7. The van der Waals surface area contributed by atoms with Gasteiger partial charge in [-0.1, -0.05) is 42.5 Å². The van der Waals surface area contributed by atoms with E-state index in [0.717, 1.165) is 5.56 Å². The summed E-state index contributed by atoms with van der Waals surface area (Å²) in [6.07, 6.45) is 0. The first-order valence-corrected chi connectivity index (χ1v) is 4.99. The summed E-state index contributed by atoms with van der Waals surface area (Å²) in [5, 5.41) is 2.91. The summed E-state index contributed by atoms with van der Waals surface area (Å²) in [5.41, 5.74) is 1.39. The van der Waals surface area contributed by atoms with Gasteiger partial charge in [0.1, 0.15) is 18.0 Å². The molecule has 2 rings (SSSR count). The van der Waals surface area contributed by atoms with Crippen LogP contribution in [0.4, 0.5) is 5.69 Å². The van der Waals surface area contributed by atoms with Crippen LogP contribution in [0.5, 0.6) is 5.75 Å². The maximum Gasteiger partial charge on any atom is 0.149 e. The Balaban J connectivity index is 2.08. The third kappa shape index (κ3) is 2.45. The molecule has 16 heavy (non-hydrogen) atoms. The second-order valence-corrected chi connectivity index (χ2v) is 3.33. The number of ether oxygens (including phenoxy) is 1. The Morgan fingerprint density at radius 2 is 1.62 bits per heavy atom. The SMILES string of the molecule is O=Nc1ccccc1OCc1ccccc1. The van der Waals surface area contributed by atoms with Gasteiger partial charge >= 0.3 is 0 Å². The quantitative estimate of drug-likeness (QED) is 0.727. The number of nitrogens with zero attached hydrogens (tertiary/aromatic N) is 1. The fraction of sp³-hybridized carbons (Fsp3) is 0.0769. The first-order chi connectivity index (χ1) is 7.90. The Kier molecular flexibility index (Phi) is 3.28. The average molecular weight is 213 g/mol. The number of para-hydroxylation sites is 1. The van der Waals surface area contributed by atoms with Crippen LogP contribution in [0.2, 0.25) is 0 Å². The standard InChI is InChI=1S/C13H11NO2/c15-14-12-8-4-5-9-13(12)16-10-11-6-2-1-3-7-11/h1-9H,10H2. The highest BCUT2D eigenvalue weighted by atomic mass is 16.5. The fourth-order valence-corrected chi connectivity index (χ4v) is 1.39. The second kappa shape index (κ2) is 5.07. The Morgan fingerprint density at radius 3 is 2.38 bits per heavy atom. The van der Waals surface area contributed by atoms with E-state index in [1.165, 1.54) is 0 Å². The van der Waals surface area contributed by atoms with E-state index in [1.54, 1.807) is 18.2 Å². The van der Waals surface area contributed by atoms with E-state index in [0.29, 0.717) is 18.0 Å². The second-order valence-electron chi connectivity index (χ2n) is 3.33. The molecule has 2 aromatic carbocycles. The van der Waals surface area contributed by atoms with Gasteiger partial charge in [-0.05, 0) is 22.9 Å². The molecule has 3 heteroatoms. The van der Waals surface area contributed by atoms with Crippen LogP contribution in [0.1, 0.15) is 5.56 Å². The molecule has 0 aromatic heterocycles. The summed E-state index contributed by atoms with van der Waals surface area (Å²) in [6.45, 7) is 0.438. The maximum absolute atomic E-state index is 10.5. The van der Waals surface area contributed by atoms with E-state index in [1.807, 2.05) is 36.4 Å². The lowest BCUT2D eigenvalue weighted by Gasteiger charge is -2.06. The van der Waals surface area contributed by atoms with Crippen LogP contribution in [0.3, 0.4) is 0 Å². The Morgan fingerprint density at radius 1 is 0.938 bits per heavy atom. The van der Waals surface area contributed by atoms with Gasteiger partial charge in [0.05, 0.1) is 0 Å². The van der Waals surface area contributed by atoms with Crippen molar-refractivity contribution >= 4 is 5.69 Å². The third-order valence-electron chi connectivity index (χ3n) is 2.20. The van der Waals surface area contributed by atoms with Gasteiger partial charge < -0.3 is 4.74 Å². The molecule has 0 spiro atoms. The van der Waals surface area contributed by atoms with Crippen molar-refractivity contribution in [1.29, 1.82) is 0 Å². The minimum atomic E-state index is 0.332. The largest absolute Gasteiger partial charge is 0.487 e. The van der Waals surface area contributed by atoms with Crippen LogP contribution in [-0.4, -0.2) is 0 Å². The minimum absolute atomic E-state index is 0.332. The molecule has 0 aliphatic rings. The molecular formula is C13H11NO2. The molecule has 0 saturated heterocycles. The summed E-state index contributed by atoms with van der Waals surface area (Å²) < 4.78 is 5.52. The van der Waals surface area contributed by atoms with E-state index in [4.69, 9.17) is 4.74 Å². The highest BCUT2D eigenvalue weighted by Crippen LogP contribution is 2.26. The normalized spacial score (nSPS) is 9.75. The summed E-state index contributed by atoms with van der Waals surface area (Å²) >= 11 is 0. The predicted molar refractivity (Wildman–Crippen MR) is 62.7 cm³/mol. The number of hydrogen-bond donors (Lipinski definition) is 0. The third-order valence-corrected chi connectivity index (χ3v) is 2.20. The molecule has 2 aromatic rings. The molecule has 80 valence electrons. The van der Waals surface area contributed by atoms with Crippen molar-refractivity contribution in [2.75, 3.05) is 0 Å². The van der Waals surface area contributed by atoms with Crippen LogP contribution in [0.25, 0.3) is 0 Å². The van der Waals surface area contributed by atoms with Gasteiger partial charge in [-0.2, -0.15) is 0 Å². The zero-order valence-electron chi connectivity index (χ0n) is 8.67. The van der Waals surface area contributed by atoms with Crippen LogP contribution in [-0.2, 0) is 6.61 Å². The molecule has 0 radical (unpaired) electrons. The first-order valence-electron chi connectivity index (χ1n) is 4.99. The van der Waals surface area contributed by atoms with Crippen LogP contribution >= 0.6 is 0 Å². The van der Waals surface area contributed by atoms with Crippen molar-refractivity contribution in [3.63, 3.8) is 0 Å². The number of nitroso groups, excluding NO2 is 1. The number of benzene rings is 2. The molecule has 0 aliphatic heterocycles. The lowest BCUT2D eigenvalue weighted by atomic mass is 10.2. The van der Waals surface area contributed by atoms with Gasteiger partial charge in [-0.15, -0.1) is 4.91 Å². The lowest BCUT2D eigenvalue weighted by molar-refractivity contribution is 0.307.